The van der Waals surface area contributed by atoms with Crippen molar-refractivity contribution in [3.63, 3.8) is 0 Å². The van der Waals surface area contributed by atoms with Crippen molar-refractivity contribution >= 4 is 34.0 Å². The van der Waals surface area contributed by atoms with Gasteiger partial charge >= 0.3 is 0 Å². The van der Waals surface area contributed by atoms with Gasteiger partial charge in [-0.1, -0.05) is 24.6 Å². The highest BCUT2D eigenvalue weighted by Gasteiger charge is 2.21. The molecule has 0 aliphatic rings. The van der Waals surface area contributed by atoms with Gasteiger partial charge in [-0.05, 0) is 55.8 Å². The molecule has 0 aliphatic carbocycles. The first kappa shape index (κ1) is 23.0. The van der Waals surface area contributed by atoms with Gasteiger partial charge in [0.1, 0.15) is 0 Å². The third-order valence-electron chi connectivity index (χ3n) is 4.19. The molecule has 3 N–H and O–H groups in total. The summed E-state index contributed by atoms with van der Waals surface area (Å²) in [6.07, 6.45) is 0. The fourth-order valence-corrected chi connectivity index (χ4v) is 3.48. The Hall–Kier alpha value is -2.09. The van der Waals surface area contributed by atoms with E-state index >= 15 is 0 Å². The Kier molecular flexibility index (Phi) is 8.27. The Morgan fingerprint density at radius 3 is 2.19 bits per heavy atom. The number of sulfonamides is 1. The van der Waals surface area contributed by atoms with E-state index in [0.29, 0.717) is 24.3 Å². The maximum atomic E-state index is 12.7. The summed E-state index contributed by atoms with van der Waals surface area (Å²) in [6, 6.07) is 13.1. The number of nitrogens with one attached hydrogen (secondary N) is 1. The van der Waals surface area contributed by atoms with Crippen LogP contribution in [0.4, 0.5) is 5.69 Å². The van der Waals surface area contributed by atoms with Crippen molar-refractivity contribution in [3.05, 3.63) is 59.7 Å². The molecule has 1 amide bonds. The lowest BCUT2D eigenvalue weighted by Gasteiger charge is -2.20. The number of aryl methyl sites for hydroxylation is 1. The number of hydrogen-bond donors (Lipinski definition) is 2. The Balaban J connectivity index is 0.00000364. The van der Waals surface area contributed by atoms with Crippen molar-refractivity contribution in [2.75, 3.05) is 24.4 Å². The van der Waals surface area contributed by atoms with E-state index in [2.05, 4.69) is 5.32 Å². The molecule has 2 aromatic carbocycles. The van der Waals surface area contributed by atoms with E-state index in [-0.39, 0.29) is 29.1 Å². The summed E-state index contributed by atoms with van der Waals surface area (Å²) in [7, 11) is -2.15. The lowest BCUT2D eigenvalue weighted by atomic mass is 10.1. The van der Waals surface area contributed by atoms with Crippen molar-refractivity contribution in [2.24, 2.45) is 11.7 Å². The van der Waals surface area contributed by atoms with Crippen LogP contribution in [-0.4, -0.2) is 34.5 Å². The molecule has 0 fully saturated rings. The zero-order valence-corrected chi connectivity index (χ0v) is 17.3. The van der Waals surface area contributed by atoms with E-state index in [0.717, 1.165) is 5.56 Å². The summed E-state index contributed by atoms with van der Waals surface area (Å²) in [4.78, 5) is 12.3. The summed E-state index contributed by atoms with van der Waals surface area (Å²) >= 11 is 0. The molecule has 1 atom stereocenters. The van der Waals surface area contributed by atoms with E-state index < -0.39 is 10.0 Å². The van der Waals surface area contributed by atoms with Crippen LogP contribution in [0.2, 0.25) is 0 Å². The van der Waals surface area contributed by atoms with Crippen LogP contribution in [0.1, 0.15) is 22.8 Å². The Morgan fingerprint density at radius 2 is 1.67 bits per heavy atom. The standard InChI is InChI=1S/C19H25N3O3S.ClH/c1-14-4-10-18(11-5-14)26(24,25)22(3)17-8-6-16(7-9-17)19(23)21-13-15(2)12-20;/h4-11,15H,12-13,20H2,1-3H3,(H,21,23);1H. The van der Waals surface area contributed by atoms with E-state index in [9.17, 15) is 13.2 Å². The summed E-state index contributed by atoms with van der Waals surface area (Å²) in [5, 5.41) is 2.81. The molecule has 0 saturated heterocycles. The van der Waals surface area contributed by atoms with Crippen molar-refractivity contribution < 1.29 is 13.2 Å². The van der Waals surface area contributed by atoms with Crippen LogP contribution in [0, 0.1) is 12.8 Å². The number of halogens is 1. The minimum Gasteiger partial charge on any atom is -0.352 e. The number of hydrogen-bond acceptors (Lipinski definition) is 4. The maximum Gasteiger partial charge on any atom is 0.264 e. The van der Waals surface area contributed by atoms with Crippen molar-refractivity contribution in [1.82, 2.24) is 5.32 Å². The summed E-state index contributed by atoms with van der Waals surface area (Å²) in [5.74, 6) is -0.00935. The summed E-state index contributed by atoms with van der Waals surface area (Å²) < 4.78 is 26.6. The highest BCUT2D eigenvalue weighted by Crippen LogP contribution is 2.22. The molecule has 0 aliphatic heterocycles. The van der Waals surface area contributed by atoms with Crippen LogP contribution in [0.25, 0.3) is 0 Å². The minimum absolute atomic E-state index is 0. The number of amides is 1. The fourth-order valence-electron chi connectivity index (χ4n) is 2.28. The molecule has 0 radical (unpaired) electrons. The van der Waals surface area contributed by atoms with Gasteiger partial charge in [0.15, 0.2) is 0 Å². The van der Waals surface area contributed by atoms with Crippen molar-refractivity contribution in [3.8, 4) is 0 Å². The van der Waals surface area contributed by atoms with Crippen LogP contribution in [0.3, 0.4) is 0 Å². The molecule has 8 heteroatoms. The molecule has 1 unspecified atom stereocenters. The number of carbonyl (C=O) groups is 1. The van der Waals surface area contributed by atoms with Gasteiger partial charge in [0.05, 0.1) is 10.6 Å². The van der Waals surface area contributed by atoms with Crippen LogP contribution in [0.5, 0.6) is 0 Å². The Labute approximate surface area is 167 Å². The smallest absolute Gasteiger partial charge is 0.264 e. The highest BCUT2D eigenvalue weighted by molar-refractivity contribution is 7.92. The van der Waals surface area contributed by atoms with Crippen LogP contribution >= 0.6 is 12.4 Å². The largest absolute Gasteiger partial charge is 0.352 e. The number of nitrogens with zero attached hydrogens (tertiary/aromatic N) is 1. The molecule has 0 saturated carbocycles. The van der Waals surface area contributed by atoms with Gasteiger partial charge < -0.3 is 11.1 Å². The topological polar surface area (TPSA) is 92.5 Å². The van der Waals surface area contributed by atoms with Gasteiger partial charge in [-0.25, -0.2) is 8.42 Å². The lowest BCUT2D eigenvalue weighted by Crippen LogP contribution is -2.31. The SMILES string of the molecule is Cc1ccc(S(=O)(=O)N(C)c2ccc(C(=O)NCC(C)CN)cc2)cc1.Cl. The average Bonchev–Trinajstić information content (AvgIpc) is 2.65. The van der Waals surface area contributed by atoms with Crippen LogP contribution in [0.15, 0.2) is 53.4 Å². The second kappa shape index (κ2) is 9.73. The maximum absolute atomic E-state index is 12.7. The molecular formula is C19H26ClN3O3S. The Bertz CT molecular complexity index is 853. The first-order chi connectivity index (χ1) is 12.3. The molecule has 2 aromatic rings. The second-order valence-corrected chi connectivity index (χ2v) is 8.35. The van der Waals surface area contributed by atoms with Crippen molar-refractivity contribution in [1.29, 1.82) is 0 Å². The Morgan fingerprint density at radius 1 is 1.11 bits per heavy atom. The molecule has 148 valence electrons. The normalized spacial score (nSPS) is 12.0. The molecule has 0 bridgehead atoms. The summed E-state index contributed by atoms with van der Waals surface area (Å²) in [5.41, 5.74) is 7.48. The third-order valence-corrected chi connectivity index (χ3v) is 5.99. The van der Waals surface area contributed by atoms with E-state index in [1.807, 2.05) is 13.8 Å². The number of rotatable bonds is 7. The third kappa shape index (κ3) is 5.69. The van der Waals surface area contributed by atoms with Crippen molar-refractivity contribution in [2.45, 2.75) is 18.7 Å². The molecule has 27 heavy (non-hydrogen) atoms. The first-order valence-corrected chi connectivity index (χ1v) is 9.83. The predicted molar refractivity (Wildman–Crippen MR) is 111 cm³/mol. The summed E-state index contributed by atoms with van der Waals surface area (Å²) in [6.45, 7) is 4.85. The van der Waals surface area contributed by atoms with Crippen LogP contribution in [-0.2, 0) is 10.0 Å². The molecule has 0 heterocycles. The predicted octanol–water partition coefficient (Wildman–Crippen LogP) is 2.57. The van der Waals surface area contributed by atoms with Gasteiger partial charge in [-0.15, -0.1) is 12.4 Å². The number of anilines is 1. The zero-order valence-electron chi connectivity index (χ0n) is 15.7. The first-order valence-electron chi connectivity index (χ1n) is 8.39. The minimum atomic E-state index is -3.65. The van der Waals surface area contributed by atoms with Gasteiger partial charge in [0, 0.05) is 19.2 Å². The highest BCUT2D eigenvalue weighted by atomic mass is 35.5. The number of benzene rings is 2. The lowest BCUT2D eigenvalue weighted by molar-refractivity contribution is 0.0948. The van der Waals surface area contributed by atoms with Gasteiger partial charge in [0.25, 0.3) is 15.9 Å². The zero-order chi connectivity index (χ0) is 19.3. The molecular weight excluding hydrogens is 386 g/mol. The molecule has 6 nitrogen and oxygen atoms in total. The molecule has 0 spiro atoms. The average molecular weight is 412 g/mol. The monoisotopic (exact) mass is 411 g/mol. The van der Waals surface area contributed by atoms with Gasteiger partial charge in [0.2, 0.25) is 0 Å². The molecule has 0 aromatic heterocycles. The molecule has 2 rings (SSSR count). The van der Waals surface area contributed by atoms with E-state index in [1.54, 1.807) is 48.5 Å². The number of carbonyl (C=O) groups excluding carboxylic acids is 1. The fraction of sp³-hybridized carbons (Fsp3) is 0.316. The quantitative estimate of drug-likeness (QED) is 0.732. The second-order valence-electron chi connectivity index (χ2n) is 6.38. The van der Waals surface area contributed by atoms with Gasteiger partial charge in [-0.3, -0.25) is 9.10 Å². The van der Waals surface area contributed by atoms with E-state index in [1.165, 1.54) is 11.4 Å². The van der Waals surface area contributed by atoms with Crippen LogP contribution < -0.4 is 15.4 Å². The van der Waals surface area contributed by atoms with E-state index in [4.69, 9.17) is 5.73 Å². The number of nitrogens with two attached hydrogens (primary N) is 1. The van der Waals surface area contributed by atoms with Gasteiger partial charge in [-0.2, -0.15) is 0 Å².